The van der Waals surface area contributed by atoms with Crippen molar-refractivity contribution >= 4 is 23.9 Å². The lowest BCUT2D eigenvalue weighted by atomic mass is 10.2. The molecule has 0 saturated carbocycles. The number of carbonyl (C=O) groups is 1. The number of hydrogen-bond acceptors (Lipinski definition) is 4. The molecule has 0 heterocycles. The average molecular weight is 328 g/mol. The fourth-order valence-corrected chi connectivity index (χ4v) is 2.67. The number of hydrazone groups is 1. The number of methoxy groups -OCH3 is 1. The molecular weight excluding hydrogens is 308 g/mol. The molecule has 2 rings (SSSR count). The highest BCUT2D eigenvalue weighted by Crippen LogP contribution is 2.18. The van der Waals surface area contributed by atoms with Crippen LogP contribution in [0.15, 0.2) is 58.5 Å². The van der Waals surface area contributed by atoms with E-state index in [1.165, 1.54) is 10.5 Å². The van der Waals surface area contributed by atoms with Crippen molar-refractivity contribution in [1.82, 2.24) is 5.43 Å². The Morgan fingerprint density at radius 3 is 2.52 bits per heavy atom. The van der Waals surface area contributed by atoms with Crippen molar-refractivity contribution < 1.29 is 9.53 Å². The van der Waals surface area contributed by atoms with Crippen molar-refractivity contribution in [2.75, 3.05) is 12.9 Å². The normalized spacial score (nSPS) is 10.7. The van der Waals surface area contributed by atoms with Gasteiger partial charge < -0.3 is 4.74 Å². The molecule has 0 radical (unpaired) electrons. The second-order valence-electron chi connectivity index (χ2n) is 4.98. The first kappa shape index (κ1) is 17.1. The quantitative estimate of drug-likeness (QED) is 0.480. The summed E-state index contributed by atoms with van der Waals surface area (Å²) in [5.41, 5.74) is 4.68. The lowest BCUT2D eigenvalue weighted by molar-refractivity contribution is -0.120. The lowest BCUT2D eigenvalue weighted by Crippen LogP contribution is -2.17. The molecule has 0 spiro atoms. The average Bonchev–Trinajstić information content (AvgIpc) is 2.57. The van der Waals surface area contributed by atoms with Gasteiger partial charge in [0.2, 0.25) is 5.91 Å². The molecule has 0 atom stereocenters. The molecular formula is C18H20N2O2S. The van der Waals surface area contributed by atoms with Crippen LogP contribution < -0.4 is 10.2 Å². The first-order valence-corrected chi connectivity index (χ1v) is 8.31. The van der Waals surface area contributed by atoms with Crippen LogP contribution in [0.25, 0.3) is 0 Å². The summed E-state index contributed by atoms with van der Waals surface area (Å²) in [4.78, 5) is 12.9. The van der Waals surface area contributed by atoms with E-state index in [2.05, 4.69) is 41.7 Å². The van der Waals surface area contributed by atoms with E-state index in [0.717, 1.165) is 17.1 Å². The molecule has 5 heteroatoms. The van der Waals surface area contributed by atoms with E-state index in [1.54, 1.807) is 25.1 Å². The summed E-state index contributed by atoms with van der Waals surface area (Å²) in [5.74, 6) is 1.43. The third-order valence-corrected chi connectivity index (χ3v) is 4.15. The minimum Gasteiger partial charge on any atom is -0.497 e. The Morgan fingerprint density at radius 1 is 1.17 bits per heavy atom. The van der Waals surface area contributed by atoms with Crippen LogP contribution in [-0.2, 0) is 4.79 Å². The number of nitrogens with zero attached hydrogens (tertiary/aromatic N) is 1. The van der Waals surface area contributed by atoms with Crippen molar-refractivity contribution in [2.45, 2.75) is 18.2 Å². The smallest absolute Gasteiger partial charge is 0.240 e. The first-order valence-electron chi connectivity index (χ1n) is 7.33. The summed E-state index contributed by atoms with van der Waals surface area (Å²) in [6.07, 6.45) is 2.04. The molecule has 1 amide bonds. The third-order valence-electron chi connectivity index (χ3n) is 3.14. The maximum atomic E-state index is 11.7. The van der Waals surface area contributed by atoms with Crippen molar-refractivity contribution in [3.05, 3.63) is 59.7 Å². The van der Waals surface area contributed by atoms with E-state index in [4.69, 9.17) is 4.74 Å². The Morgan fingerprint density at radius 2 is 1.87 bits per heavy atom. The number of ether oxygens (including phenoxy) is 1. The second kappa shape index (κ2) is 9.00. The fraction of sp³-hybridized carbons (Fsp3) is 0.222. The number of aryl methyl sites for hydroxylation is 1. The number of amides is 1. The molecule has 120 valence electrons. The largest absolute Gasteiger partial charge is 0.497 e. The fourth-order valence-electron chi connectivity index (χ4n) is 1.82. The zero-order chi connectivity index (χ0) is 16.5. The number of carbonyl (C=O) groups excluding carboxylic acids is 1. The van der Waals surface area contributed by atoms with E-state index < -0.39 is 0 Å². The van der Waals surface area contributed by atoms with Gasteiger partial charge in [-0.05, 0) is 48.9 Å². The zero-order valence-electron chi connectivity index (χ0n) is 13.3. The number of nitrogens with one attached hydrogen (secondary N) is 1. The van der Waals surface area contributed by atoms with Crippen LogP contribution in [0.4, 0.5) is 0 Å². The van der Waals surface area contributed by atoms with E-state index >= 15 is 0 Å². The van der Waals surface area contributed by atoms with Crippen LogP contribution in [0, 0.1) is 6.92 Å². The molecule has 2 aromatic rings. The monoisotopic (exact) mass is 328 g/mol. The summed E-state index contributed by atoms with van der Waals surface area (Å²) < 4.78 is 5.08. The Balaban J connectivity index is 1.69. The predicted octanol–water partition coefficient (Wildman–Crippen LogP) is 3.64. The van der Waals surface area contributed by atoms with Gasteiger partial charge in [-0.3, -0.25) is 4.79 Å². The van der Waals surface area contributed by atoms with Crippen molar-refractivity contribution in [3.8, 4) is 5.75 Å². The van der Waals surface area contributed by atoms with E-state index in [9.17, 15) is 4.79 Å². The summed E-state index contributed by atoms with van der Waals surface area (Å²) in [5, 5.41) is 3.96. The van der Waals surface area contributed by atoms with Crippen LogP contribution >= 0.6 is 11.8 Å². The maximum Gasteiger partial charge on any atom is 0.240 e. The number of hydrogen-bond donors (Lipinski definition) is 1. The molecule has 4 nitrogen and oxygen atoms in total. The van der Waals surface area contributed by atoms with Gasteiger partial charge in [-0.1, -0.05) is 17.7 Å². The first-order chi connectivity index (χ1) is 11.2. The molecule has 0 saturated heterocycles. The van der Waals surface area contributed by atoms with Gasteiger partial charge in [-0.25, -0.2) is 5.43 Å². The molecule has 1 N–H and O–H groups in total. The van der Waals surface area contributed by atoms with E-state index in [-0.39, 0.29) is 5.91 Å². The Bertz CT molecular complexity index is 652. The molecule has 0 aromatic heterocycles. The standard InChI is InChI=1S/C18H20N2O2S/c1-14-3-9-17(10-4-14)23-12-11-18(21)20-19-13-15-5-7-16(22-2)8-6-15/h3-10,13H,11-12H2,1-2H3,(H,20,21). The molecule has 0 aliphatic carbocycles. The van der Waals surface area contributed by atoms with E-state index in [0.29, 0.717) is 6.42 Å². The number of benzene rings is 2. The molecule has 0 fully saturated rings. The summed E-state index contributed by atoms with van der Waals surface area (Å²) >= 11 is 1.66. The van der Waals surface area contributed by atoms with Crippen LogP contribution in [0.2, 0.25) is 0 Å². The minimum atomic E-state index is -0.0885. The highest BCUT2D eigenvalue weighted by atomic mass is 32.2. The lowest BCUT2D eigenvalue weighted by Gasteiger charge is -2.02. The molecule has 23 heavy (non-hydrogen) atoms. The van der Waals surface area contributed by atoms with Crippen LogP contribution in [-0.4, -0.2) is 25.0 Å². The van der Waals surface area contributed by atoms with E-state index in [1.807, 2.05) is 24.3 Å². The summed E-state index contributed by atoms with van der Waals surface area (Å²) in [6, 6.07) is 15.7. The van der Waals surface area contributed by atoms with Gasteiger partial charge in [0.25, 0.3) is 0 Å². The molecule has 0 unspecified atom stereocenters. The van der Waals surface area contributed by atoms with Crippen LogP contribution in [0.5, 0.6) is 5.75 Å². The highest BCUT2D eigenvalue weighted by Gasteiger charge is 2.00. The second-order valence-corrected chi connectivity index (χ2v) is 6.15. The number of thioether (sulfide) groups is 1. The van der Waals surface area contributed by atoms with Crippen molar-refractivity contribution in [2.24, 2.45) is 5.10 Å². The van der Waals surface area contributed by atoms with Crippen molar-refractivity contribution in [1.29, 1.82) is 0 Å². The molecule has 2 aromatic carbocycles. The van der Waals surface area contributed by atoms with Crippen molar-refractivity contribution in [3.63, 3.8) is 0 Å². The topological polar surface area (TPSA) is 50.7 Å². The Labute approximate surface area is 140 Å². The van der Waals surface area contributed by atoms with Gasteiger partial charge in [0.05, 0.1) is 13.3 Å². The Kier molecular flexibility index (Phi) is 6.69. The number of rotatable bonds is 7. The maximum absolute atomic E-state index is 11.7. The summed E-state index contributed by atoms with van der Waals surface area (Å²) in [6.45, 7) is 2.06. The van der Waals surface area contributed by atoms with Gasteiger partial charge >= 0.3 is 0 Å². The zero-order valence-corrected chi connectivity index (χ0v) is 14.1. The van der Waals surface area contributed by atoms with Gasteiger partial charge in [0.1, 0.15) is 5.75 Å². The molecule has 0 bridgehead atoms. The molecule has 0 aliphatic rings. The van der Waals surface area contributed by atoms with Gasteiger partial charge in [-0.2, -0.15) is 5.10 Å². The Hall–Kier alpha value is -2.27. The third kappa shape index (κ3) is 6.16. The SMILES string of the molecule is COc1ccc(C=NNC(=O)CCSc2ccc(C)cc2)cc1. The van der Waals surface area contributed by atoms with Gasteiger partial charge in [-0.15, -0.1) is 11.8 Å². The molecule has 0 aliphatic heterocycles. The summed E-state index contributed by atoms with van der Waals surface area (Å²) in [7, 11) is 1.62. The van der Waals surface area contributed by atoms with Crippen LogP contribution in [0.1, 0.15) is 17.5 Å². The van der Waals surface area contributed by atoms with Crippen LogP contribution in [0.3, 0.4) is 0 Å². The predicted molar refractivity (Wildman–Crippen MR) is 95.3 cm³/mol. The van der Waals surface area contributed by atoms with Gasteiger partial charge in [0, 0.05) is 17.1 Å². The van der Waals surface area contributed by atoms with Gasteiger partial charge in [0.15, 0.2) is 0 Å². The highest BCUT2D eigenvalue weighted by molar-refractivity contribution is 7.99. The minimum absolute atomic E-state index is 0.0885.